The molecule has 3 heterocycles. The molecular formula is C20H23ClN2O6. The number of fused-ring (bicyclic) bond motifs is 1. The van der Waals surface area contributed by atoms with Gasteiger partial charge >= 0.3 is 5.97 Å². The van der Waals surface area contributed by atoms with E-state index in [1.54, 1.807) is 31.2 Å². The van der Waals surface area contributed by atoms with E-state index in [-0.39, 0.29) is 25.7 Å². The van der Waals surface area contributed by atoms with Crippen LogP contribution in [0.5, 0.6) is 0 Å². The van der Waals surface area contributed by atoms with Gasteiger partial charge in [-0.3, -0.25) is 14.4 Å². The van der Waals surface area contributed by atoms with Gasteiger partial charge in [-0.05, 0) is 44.0 Å². The number of aliphatic hydroxyl groups excluding tert-OH is 1. The molecule has 0 aromatic heterocycles. The minimum atomic E-state index is -1.09. The molecule has 1 aromatic carbocycles. The van der Waals surface area contributed by atoms with Crippen LogP contribution >= 0.6 is 11.6 Å². The van der Waals surface area contributed by atoms with E-state index in [2.05, 4.69) is 5.32 Å². The zero-order valence-corrected chi connectivity index (χ0v) is 16.7. The Morgan fingerprint density at radius 2 is 2.10 bits per heavy atom. The minimum Gasteiger partial charge on any atom is -0.466 e. The highest BCUT2D eigenvalue weighted by molar-refractivity contribution is 6.30. The van der Waals surface area contributed by atoms with Gasteiger partial charge in [0, 0.05) is 17.3 Å². The molecule has 5 atom stereocenters. The van der Waals surface area contributed by atoms with Gasteiger partial charge in [-0.25, -0.2) is 0 Å². The van der Waals surface area contributed by atoms with Crippen molar-refractivity contribution in [2.24, 2.45) is 11.8 Å². The van der Waals surface area contributed by atoms with Crippen LogP contribution in [0.3, 0.4) is 0 Å². The highest BCUT2D eigenvalue weighted by Crippen LogP contribution is 2.58. The number of aliphatic hydroxyl groups is 1. The number of nitrogens with one attached hydrogen (secondary N) is 1. The van der Waals surface area contributed by atoms with Gasteiger partial charge in [0.1, 0.15) is 11.6 Å². The number of nitrogens with zero attached hydrogens (tertiary/aromatic N) is 1. The topological polar surface area (TPSA) is 105 Å². The lowest BCUT2D eigenvalue weighted by atomic mass is 9.71. The number of hydrogen-bond donors (Lipinski definition) is 2. The first-order chi connectivity index (χ1) is 13.9. The maximum absolute atomic E-state index is 13.2. The lowest BCUT2D eigenvalue weighted by Gasteiger charge is -2.33. The fraction of sp³-hybridized carbons (Fsp3) is 0.550. The molecule has 4 rings (SSSR count). The number of benzene rings is 1. The van der Waals surface area contributed by atoms with Crippen molar-refractivity contribution in [3.05, 3.63) is 29.3 Å². The molecular weight excluding hydrogens is 400 g/mol. The Hall–Kier alpha value is -2.16. The monoisotopic (exact) mass is 422 g/mol. The van der Waals surface area contributed by atoms with Gasteiger partial charge < -0.3 is 24.8 Å². The standard InChI is InChI=1S/C20H23ClN2O6/c1-2-28-19(27)14-13-7-8-20(29-13)15(14)18(26)23(9-10-24)16(20)17(25)22-12-5-3-11(21)4-6-12/h3-6,13-16,24H,2,7-10H2,1H3,(H,22,25)/t13-,14+,15+,16?,20?/m1/s1. The average Bonchev–Trinajstić information content (AvgIpc) is 3.32. The van der Waals surface area contributed by atoms with Crippen LogP contribution in [0.25, 0.3) is 0 Å². The number of ether oxygens (including phenoxy) is 2. The van der Waals surface area contributed by atoms with Crippen molar-refractivity contribution in [2.75, 3.05) is 25.1 Å². The molecule has 3 fully saturated rings. The van der Waals surface area contributed by atoms with Crippen LogP contribution in [0, 0.1) is 11.8 Å². The van der Waals surface area contributed by atoms with Gasteiger partial charge in [-0.15, -0.1) is 0 Å². The first-order valence-electron chi connectivity index (χ1n) is 9.75. The Bertz CT molecular complexity index is 831. The lowest BCUT2D eigenvalue weighted by molar-refractivity contribution is -0.154. The van der Waals surface area contributed by atoms with Crippen LogP contribution in [0.4, 0.5) is 5.69 Å². The Morgan fingerprint density at radius 3 is 2.76 bits per heavy atom. The lowest BCUT2D eigenvalue weighted by Crippen LogP contribution is -2.53. The molecule has 2 unspecified atom stereocenters. The number of amides is 2. The number of rotatable bonds is 6. The van der Waals surface area contributed by atoms with Crippen LogP contribution in [0.1, 0.15) is 19.8 Å². The second kappa shape index (κ2) is 7.59. The van der Waals surface area contributed by atoms with Gasteiger partial charge in [0.15, 0.2) is 0 Å². The van der Waals surface area contributed by atoms with Crippen LogP contribution in [-0.4, -0.2) is 65.3 Å². The predicted molar refractivity (Wildman–Crippen MR) is 103 cm³/mol. The number of halogens is 1. The number of likely N-dealkylation sites (tertiary alicyclic amines) is 1. The summed E-state index contributed by atoms with van der Waals surface area (Å²) in [4.78, 5) is 40.3. The molecule has 8 nitrogen and oxygen atoms in total. The van der Waals surface area contributed by atoms with E-state index < -0.39 is 41.5 Å². The molecule has 0 saturated carbocycles. The summed E-state index contributed by atoms with van der Waals surface area (Å²) in [6.07, 6.45) is 0.625. The third kappa shape index (κ3) is 3.10. The van der Waals surface area contributed by atoms with Gasteiger partial charge in [0.2, 0.25) is 11.8 Å². The van der Waals surface area contributed by atoms with Crippen molar-refractivity contribution in [1.29, 1.82) is 0 Å². The Morgan fingerprint density at radius 1 is 1.38 bits per heavy atom. The molecule has 2 N–H and O–H groups in total. The fourth-order valence-electron chi connectivity index (χ4n) is 5.05. The third-order valence-corrected chi connectivity index (χ3v) is 6.31. The second-order valence-corrected chi connectivity index (χ2v) is 8.00. The summed E-state index contributed by atoms with van der Waals surface area (Å²) >= 11 is 5.90. The summed E-state index contributed by atoms with van der Waals surface area (Å²) < 4.78 is 11.4. The molecule has 156 valence electrons. The molecule has 0 aliphatic carbocycles. The van der Waals surface area contributed by atoms with Gasteiger partial charge in [-0.1, -0.05) is 11.6 Å². The smallest absolute Gasteiger partial charge is 0.312 e. The molecule has 3 aliphatic rings. The van der Waals surface area contributed by atoms with Crippen LogP contribution in [0.2, 0.25) is 5.02 Å². The van der Waals surface area contributed by atoms with Crippen molar-refractivity contribution < 1.29 is 29.0 Å². The maximum Gasteiger partial charge on any atom is 0.312 e. The van der Waals surface area contributed by atoms with Crippen molar-refractivity contribution in [1.82, 2.24) is 4.90 Å². The first kappa shape index (κ1) is 20.1. The van der Waals surface area contributed by atoms with Crippen LogP contribution in [0.15, 0.2) is 24.3 Å². The first-order valence-corrected chi connectivity index (χ1v) is 10.1. The minimum absolute atomic E-state index is 0.0145. The summed E-state index contributed by atoms with van der Waals surface area (Å²) in [5.41, 5.74) is -0.560. The van der Waals surface area contributed by atoms with E-state index in [0.29, 0.717) is 23.6 Å². The summed E-state index contributed by atoms with van der Waals surface area (Å²) in [7, 11) is 0. The molecule has 1 aromatic rings. The summed E-state index contributed by atoms with van der Waals surface area (Å²) in [6, 6.07) is 5.69. The molecule has 1 spiro atoms. The average molecular weight is 423 g/mol. The fourth-order valence-corrected chi connectivity index (χ4v) is 5.18. The molecule has 3 aliphatic heterocycles. The van der Waals surface area contributed by atoms with Gasteiger partial charge in [-0.2, -0.15) is 0 Å². The van der Waals surface area contributed by atoms with E-state index in [1.165, 1.54) is 4.90 Å². The molecule has 29 heavy (non-hydrogen) atoms. The number of hydrogen-bond acceptors (Lipinski definition) is 6. The normalized spacial score (nSPS) is 32.4. The number of esters is 1. The molecule has 3 saturated heterocycles. The third-order valence-electron chi connectivity index (χ3n) is 6.06. The zero-order chi connectivity index (χ0) is 20.8. The van der Waals surface area contributed by atoms with Crippen molar-refractivity contribution in [3.8, 4) is 0 Å². The quantitative estimate of drug-likeness (QED) is 0.667. The SMILES string of the molecule is CCOC(=O)[C@@H]1[C@H]2C(=O)N(CCO)C(C(=O)Nc3ccc(Cl)cc3)C23CC[C@H]1O3. The number of β-amino-alcohol motifs (C(OH)–C–C–N with tert-alkyl or cyclic N) is 1. The highest BCUT2D eigenvalue weighted by atomic mass is 35.5. The summed E-state index contributed by atoms with van der Waals surface area (Å²) in [5, 5.41) is 12.8. The molecule has 2 amide bonds. The van der Waals surface area contributed by atoms with Crippen molar-refractivity contribution >= 4 is 35.1 Å². The van der Waals surface area contributed by atoms with Gasteiger partial charge in [0.25, 0.3) is 0 Å². The van der Waals surface area contributed by atoms with E-state index in [9.17, 15) is 19.5 Å². The largest absolute Gasteiger partial charge is 0.466 e. The highest BCUT2D eigenvalue weighted by Gasteiger charge is 2.74. The van der Waals surface area contributed by atoms with Crippen LogP contribution in [-0.2, 0) is 23.9 Å². The van der Waals surface area contributed by atoms with E-state index >= 15 is 0 Å². The van der Waals surface area contributed by atoms with E-state index in [4.69, 9.17) is 21.1 Å². The van der Waals surface area contributed by atoms with Crippen molar-refractivity contribution in [3.63, 3.8) is 0 Å². The summed E-state index contributed by atoms with van der Waals surface area (Å²) in [6.45, 7) is 1.60. The molecule has 0 radical (unpaired) electrons. The molecule has 9 heteroatoms. The Labute approximate surface area is 173 Å². The van der Waals surface area contributed by atoms with E-state index in [0.717, 1.165) is 0 Å². The van der Waals surface area contributed by atoms with E-state index in [1.807, 2.05) is 0 Å². The number of carbonyl (C=O) groups excluding carboxylic acids is 3. The number of carbonyl (C=O) groups is 3. The van der Waals surface area contributed by atoms with Crippen LogP contribution < -0.4 is 5.32 Å². The van der Waals surface area contributed by atoms with Gasteiger partial charge in [0.05, 0.1) is 31.2 Å². The summed E-state index contributed by atoms with van der Waals surface area (Å²) in [5.74, 6) is -2.75. The maximum atomic E-state index is 13.2. The second-order valence-electron chi connectivity index (χ2n) is 7.56. The zero-order valence-electron chi connectivity index (χ0n) is 16.0. The number of anilines is 1. The molecule has 2 bridgehead atoms. The Balaban J connectivity index is 1.67. The van der Waals surface area contributed by atoms with Crippen molar-refractivity contribution in [2.45, 2.75) is 37.5 Å². The predicted octanol–water partition coefficient (Wildman–Crippen LogP) is 1.21. The Kier molecular flexibility index (Phi) is 5.27.